The van der Waals surface area contributed by atoms with Crippen molar-refractivity contribution < 1.29 is 9.84 Å². The molecule has 0 radical (unpaired) electrons. The zero-order chi connectivity index (χ0) is 13.1. The second-order valence-electron chi connectivity index (χ2n) is 5.44. The van der Waals surface area contributed by atoms with Gasteiger partial charge < -0.3 is 9.84 Å². The zero-order valence-corrected chi connectivity index (χ0v) is 11.0. The van der Waals surface area contributed by atoms with E-state index < -0.39 is 6.41 Å². The summed E-state index contributed by atoms with van der Waals surface area (Å²) in [6.45, 7) is 0. The van der Waals surface area contributed by atoms with Crippen LogP contribution in [0, 0.1) is 11.8 Å². The van der Waals surface area contributed by atoms with E-state index in [1.807, 2.05) is 12.2 Å². The molecule has 0 bridgehead atoms. The molecule has 4 atom stereocenters. The fourth-order valence-corrected chi connectivity index (χ4v) is 2.82. The molecular formula is C16H21NO2. The molecule has 1 saturated carbocycles. The van der Waals surface area contributed by atoms with Crippen molar-refractivity contribution in [1.82, 2.24) is 5.32 Å². The third-order valence-corrected chi connectivity index (χ3v) is 3.97. The molecule has 3 nitrogen and oxygen atoms in total. The molecule has 3 heteroatoms. The second-order valence-corrected chi connectivity index (χ2v) is 5.44. The summed E-state index contributed by atoms with van der Waals surface area (Å²) in [4.78, 5) is 0. The van der Waals surface area contributed by atoms with Crippen LogP contribution in [-0.2, 0) is 4.74 Å². The van der Waals surface area contributed by atoms with Crippen LogP contribution in [0.25, 0.3) is 0 Å². The van der Waals surface area contributed by atoms with Crippen molar-refractivity contribution in [3.63, 3.8) is 0 Å². The smallest absolute Gasteiger partial charge is 0.257 e. The number of hydrogen-bond donors (Lipinski definition) is 2. The minimum Gasteiger partial charge on any atom is -0.452 e. The number of rotatable bonds is 5. The van der Waals surface area contributed by atoms with Gasteiger partial charge in [0.05, 0.1) is 0 Å². The van der Waals surface area contributed by atoms with Gasteiger partial charge in [-0.05, 0) is 49.7 Å². The minimum atomic E-state index is -0.896. The van der Waals surface area contributed by atoms with Crippen LogP contribution < -0.4 is 5.32 Å². The molecule has 0 saturated heterocycles. The highest BCUT2D eigenvalue weighted by atomic mass is 16.6. The van der Waals surface area contributed by atoms with E-state index >= 15 is 0 Å². The van der Waals surface area contributed by atoms with E-state index in [-0.39, 0.29) is 0 Å². The lowest BCUT2D eigenvalue weighted by Gasteiger charge is -2.18. The third kappa shape index (κ3) is 3.37. The fourth-order valence-electron chi connectivity index (χ4n) is 2.82. The normalized spacial score (nSPS) is 33.9. The first-order chi connectivity index (χ1) is 9.33. The Morgan fingerprint density at radius 3 is 2.95 bits per heavy atom. The monoisotopic (exact) mass is 259 g/mol. The Bertz CT molecular complexity index is 436. The molecule has 19 heavy (non-hydrogen) atoms. The van der Waals surface area contributed by atoms with Crippen LogP contribution in [-0.4, -0.2) is 17.6 Å². The molecule has 0 aromatic carbocycles. The third-order valence-electron chi connectivity index (χ3n) is 3.97. The lowest BCUT2D eigenvalue weighted by atomic mass is 9.95. The molecular weight excluding hydrogens is 238 g/mol. The average Bonchev–Trinajstić information content (AvgIpc) is 3.20. The average molecular weight is 259 g/mol. The van der Waals surface area contributed by atoms with E-state index in [1.165, 1.54) is 0 Å². The minimum absolute atomic E-state index is 0.379. The van der Waals surface area contributed by atoms with Crippen LogP contribution in [0.5, 0.6) is 0 Å². The topological polar surface area (TPSA) is 41.5 Å². The SMILES string of the molecule is OC(NC1CC1C1C=CC=CC1)OC1=CCCC=C1. The van der Waals surface area contributed by atoms with Gasteiger partial charge in [-0.1, -0.05) is 30.4 Å². The predicted molar refractivity (Wildman–Crippen MR) is 75.0 cm³/mol. The Kier molecular flexibility index (Phi) is 3.85. The Labute approximate surface area is 114 Å². The molecule has 0 spiro atoms. The number of aliphatic hydroxyl groups is 1. The van der Waals surface area contributed by atoms with Crippen molar-refractivity contribution in [2.75, 3.05) is 0 Å². The highest BCUT2D eigenvalue weighted by Crippen LogP contribution is 2.41. The van der Waals surface area contributed by atoms with Crippen LogP contribution in [0.3, 0.4) is 0 Å². The Morgan fingerprint density at radius 1 is 1.26 bits per heavy atom. The van der Waals surface area contributed by atoms with E-state index in [0.717, 1.165) is 31.4 Å². The quantitative estimate of drug-likeness (QED) is 0.746. The van der Waals surface area contributed by atoms with Gasteiger partial charge in [0.1, 0.15) is 5.76 Å². The number of ether oxygens (including phenoxy) is 1. The number of hydrogen-bond acceptors (Lipinski definition) is 3. The first-order valence-electron chi connectivity index (χ1n) is 7.14. The summed E-state index contributed by atoms with van der Waals surface area (Å²) in [7, 11) is 0. The van der Waals surface area contributed by atoms with Crippen molar-refractivity contribution in [3.8, 4) is 0 Å². The van der Waals surface area contributed by atoms with E-state index in [4.69, 9.17) is 4.74 Å². The van der Waals surface area contributed by atoms with Crippen LogP contribution in [0.1, 0.15) is 25.7 Å². The van der Waals surface area contributed by atoms with Crippen molar-refractivity contribution in [2.24, 2.45) is 11.8 Å². The molecule has 1 fully saturated rings. The summed E-state index contributed by atoms with van der Waals surface area (Å²) in [5.74, 6) is 2.02. The van der Waals surface area contributed by atoms with Crippen molar-refractivity contribution in [3.05, 3.63) is 48.3 Å². The van der Waals surface area contributed by atoms with Gasteiger partial charge in [-0.3, -0.25) is 5.32 Å². The maximum atomic E-state index is 9.89. The second kappa shape index (κ2) is 5.76. The van der Waals surface area contributed by atoms with Crippen molar-refractivity contribution >= 4 is 0 Å². The lowest BCUT2D eigenvalue weighted by Crippen LogP contribution is -2.34. The number of allylic oxidation sites excluding steroid dienone is 7. The summed E-state index contributed by atoms with van der Waals surface area (Å²) in [6, 6.07) is 0.379. The van der Waals surface area contributed by atoms with Crippen LogP contribution in [0.15, 0.2) is 48.3 Å². The van der Waals surface area contributed by atoms with Gasteiger partial charge in [-0.15, -0.1) is 0 Å². The largest absolute Gasteiger partial charge is 0.452 e. The zero-order valence-electron chi connectivity index (χ0n) is 11.0. The van der Waals surface area contributed by atoms with Gasteiger partial charge in [-0.2, -0.15) is 0 Å². The Morgan fingerprint density at radius 2 is 2.21 bits per heavy atom. The molecule has 0 aliphatic heterocycles. The fraction of sp³-hybridized carbons (Fsp3) is 0.500. The maximum absolute atomic E-state index is 9.89. The van der Waals surface area contributed by atoms with Crippen molar-refractivity contribution in [1.29, 1.82) is 0 Å². The summed E-state index contributed by atoms with van der Waals surface area (Å²) < 4.78 is 5.46. The number of nitrogens with one attached hydrogen (secondary N) is 1. The Balaban J connectivity index is 1.43. The Hall–Kier alpha value is -1.32. The van der Waals surface area contributed by atoms with Gasteiger partial charge in [0, 0.05) is 6.04 Å². The van der Waals surface area contributed by atoms with Gasteiger partial charge >= 0.3 is 0 Å². The highest BCUT2D eigenvalue weighted by molar-refractivity contribution is 5.17. The molecule has 4 unspecified atom stereocenters. The van der Waals surface area contributed by atoms with E-state index in [1.54, 1.807) is 0 Å². The summed E-state index contributed by atoms with van der Waals surface area (Å²) >= 11 is 0. The molecule has 0 amide bonds. The molecule has 0 aromatic heterocycles. The summed E-state index contributed by atoms with van der Waals surface area (Å²) in [5, 5.41) is 13.0. The van der Waals surface area contributed by atoms with E-state index in [2.05, 4.69) is 35.7 Å². The van der Waals surface area contributed by atoms with Crippen LogP contribution in [0.2, 0.25) is 0 Å². The first kappa shape index (κ1) is 12.7. The van der Waals surface area contributed by atoms with Gasteiger partial charge in [0.25, 0.3) is 6.41 Å². The van der Waals surface area contributed by atoms with E-state index in [9.17, 15) is 5.11 Å². The summed E-state index contributed by atoms with van der Waals surface area (Å²) in [6.07, 6.45) is 18.1. The van der Waals surface area contributed by atoms with Gasteiger partial charge in [0.2, 0.25) is 0 Å². The summed E-state index contributed by atoms with van der Waals surface area (Å²) in [5.41, 5.74) is 0. The van der Waals surface area contributed by atoms with Crippen LogP contribution >= 0.6 is 0 Å². The molecule has 3 aliphatic rings. The first-order valence-corrected chi connectivity index (χ1v) is 7.14. The lowest BCUT2D eigenvalue weighted by molar-refractivity contribution is -0.0870. The van der Waals surface area contributed by atoms with Gasteiger partial charge in [-0.25, -0.2) is 0 Å². The number of aliphatic hydroxyl groups excluding tert-OH is 1. The van der Waals surface area contributed by atoms with E-state index in [0.29, 0.717) is 17.9 Å². The molecule has 0 aromatic rings. The van der Waals surface area contributed by atoms with Crippen LogP contribution in [0.4, 0.5) is 0 Å². The highest BCUT2D eigenvalue weighted by Gasteiger charge is 2.42. The standard InChI is InChI=1S/C16H21NO2/c18-16(19-13-9-5-2-6-10-13)17-15-11-14(15)12-7-3-1-4-8-12/h1,3-5,7,9-10,12,14-18H,2,6,8,11H2. The molecule has 3 aliphatic carbocycles. The molecule has 102 valence electrons. The van der Waals surface area contributed by atoms with Gasteiger partial charge in [0.15, 0.2) is 0 Å². The predicted octanol–water partition coefficient (Wildman–Crippen LogP) is 2.62. The molecule has 0 heterocycles. The maximum Gasteiger partial charge on any atom is 0.257 e. The van der Waals surface area contributed by atoms with Crippen molar-refractivity contribution in [2.45, 2.75) is 38.1 Å². The molecule has 2 N–H and O–H groups in total. The molecule has 3 rings (SSSR count).